The third-order valence-corrected chi connectivity index (χ3v) is 6.10. The van der Waals surface area contributed by atoms with Crippen molar-refractivity contribution in [1.82, 2.24) is 21.2 Å². The van der Waals surface area contributed by atoms with Gasteiger partial charge >= 0.3 is 0 Å². The summed E-state index contributed by atoms with van der Waals surface area (Å²) < 4.78 is 0. The molecule has 3 N–H and O–H groups in total. The first-order valence-corrected chi connectivity index (χ1v) is 11.7. The van der Waals surface area contributed by atoms with Crippen LogP contribution in [0, 0.1) is 0 Å². The van der Waals surface area contributed by atoms with Gasteiger partial charge in [0.15, 0.2) is 5.11 Å². The van der Waals surface area contributed by atoms with Crippen LogP contribution in [0.1, 0.15) is 36.6 Å². The second-order valence-corrected chi connectivity index (χ2v) is 8.59. The van der Waals surface area contributed by atoms with Crippen molar-refractivity contribution in [2.75, 3.05) is 11.4 Å². The molecule has 36 heavy (non-hydrogen) atoms. The largest absolute Gasteiger partial charge is 0.361 e. The smallest absolute Gasteiger partial charge is 0.269 e. The zero-order valence-corrected chi connectivity index (χ0v) is 19.8. The lowest BCUT2D eigenvalue weighted by Crippen LogP contribution is -2.47. The maximum atomic E-state index is 12.7. The van der Waals surface area contributed by atoms with E-state index in [-0.39, 0.29) is 22.8 Å². The summed E-state index contributed by atoms with van der Waals surface area (Å²) in [5.74, 6) is -0.961. The number of pyridine rings is 1. The number of carbonyl (C=O) groups excluding carboxylic acids is 3. The highest BCUT2D eigenvalue weighted by Gasteiger charge is 2.36. The van der Waals surface area contributed by atoms with Gasteiger partial charge in [-0.2, -0.15) is 0 Å². The fourth-order valence-corrected chi connectivity index (χ4v) is 4.20. The number of hydrogen-bond donors (Lipinski definition) is 3. The maximum Gasteiger partial charge on any atom is 0.269 e. The molecule has 3 amide bonds. The van der Waals surface area contributed by atoms with Crippen molar-refractivity contribution in [2.45, 2.75) is 6.42 Å². The minimum Gasteiger partial charge on any atom is -0.361 e. The standard InChI is InChI=1S/C27H21N5O3S/c33-24(19-8-9-20-16-28-12-11-18(20)15-19)30-31-27(36)29-13-10-17-4-3-5-21(14-17)32-25(34)22-6-1-2-7-23(22)26(32)35/h1-9,11-12,14-16H,10,13H2,(H,30,33)(H2,29,31,36). The van der Waals surface area contributed by atoms with Crippen molar-refractivity contribution >= 4 is 51.5 Å². The predicted octanol–water partition coefficient (Wildman–Crippen LogP) is 3.39. The van der Waals surface area contributed by atoms with Gasteiger partial charge in [0.1, 0.15) is 0 Å². The normalized spacial score (nSPS) is 12.4. The van der Waals surface area contributed by atoms with E-state index in [2.05, 4.69) is 21.2 Å². The lowest BCUT2D eigenvalue weighted by atomic mass is 10.1. The van der Waals surface area contributed by atoms with Gasteiger partial charge in [0.2, 0.25) is 0 Å². The lowest BCUT2D eigenvalue weighted by molar-refractivity contribution is 0.0920. The van der Waals surface area contributed by atoms with E-state index in [0.29, 0.717) is 35.3 Å². The topological polar surface area (TPSA) is 103 Å². The van der Waals surface area contributed by atoms with Gasteiger partial charge < -0.3 is 5.32 Å². The minimum atomic E-state index is -0.324. The molecule has 4 aromatic rings. The zero-order chi connectivity index (χ0) is 25.1. The van der Waals surface area contributed by atoms with Gasteiger partial charge in [-0.1, -0.05) is 30.3 Å². The Balaban J connectivity index is 1.13. The molecule has 0 saturated carbocycles. The summed E-state index contributed by atoms with van der Waals surface area (Å²) in [4.78, 5) is 43.2. The zero-order valence-electron chi connectivity index (χ0n) is 19.0. The molecule has 3 aromatic carbocycles. The number of nitrogens with zero attached hydrogens (tertiary/aromatic N) is 2. The quantitative estimate of drug-likeness (QED) is 0.222. The molecule has 0 atom stereocenters. The Labute approximate surface area is 212 Å². The average molecular weight is 496 g/mol. The van der Waals surface area contributed by atoms with E-state index in [1.165, 1.54) is 4.90 Å². The molecule has 0 radical (unpaired) electrons. The molecule has 0 fully saturated rings. The number of amides is 3. The van der Waals surface area contributed by atoms with Crippen molar-refractivity contribution in [3.8, 4) is 0 Å². The van der Waals surface area contributed by atoms with Crippen LogP contribution in [0.5, 0.6) is 0 Å². The van der Waals surface area contributed by atoms with Crippen molar-refractivity contribution in [3.05, 3.63) is 107 Å². The molecule has 1 aliphatic heterocycles. The van der Waals surface area contributed by atoms with Gasteiger partial charge in [0.05, 0.1) is 16.8 Å². The highest BCUT2D eigenvalue weighted by molar-refractivity contribution is 7.80. The van der Waals surface area contributed by atoms with E-state index in [1.807, 2.05) is 30.3 Å². The number of benzene rings is 3. The third kappa shape index (κ3) is 4.64. The molecule has 0 unspecified atom stereocenters. The summed E-state index contributed by atoms with van der Waals surface area (Å²) in [5, 5.41) is 5.18. The van der Waals surface area contributed by atoms with E-state index in [0.717, 1.165) is 16.3 Å². The van der Waals surface area contributed by atoms with Crippen LogP contribution in [0.3, 0.4) is 0 Å². The van der Waals surface area contributed by atoms with Crippen molar-refractivity contribution in [2.24, 2.45) is 0 Å². The molecule has 9 heteroatoms. The molecule has 0 spiro atoms. The van der Waals surface area contributed by atoms with Gasteiger partial charge in [0.25, 0.3) is 17.7 Å². The van der Waals surface area contributed by atoms with E-state index in [1.54, 1.807) is 54.9 Å². The number of aromatic nitrogens is 1. The third-order valence-electron chi connectivity index (χ3n) is 5.85. The van der Waals surface area contributed by atoms with E-state index in [9.17, 15) is 14.4 Å². The highest BCUT2D eigenvalue weighted by atomic mass is 32.1. The fourth-order valence-electron chi connectivity index (χ4n) is 4.05. The Hall–Kier alpha value is -4.63. The van der Waals surface area contributed by atoms with Gasteiger partial charge in [-0.15, -0.1) is 0 Å². The summed E-state index contributed by atoms with van der Waals surface area (Å²) in [6.07, 6.45) is 4.01. The predicted molar refractivity (Wildman–Crippen MR) is 141 cm³/mol. The van der Waals surface area contributed by atoms with E-state index in [4.69, 9.17) is 12.2 Å². The second kappa shape index (κ2) is 9.93. The number of fused-ring (bicyclic) bond motifs is 2. The number of imide groups is 1. The van der Waals surface area contributed by atoms with Crippen LogP contribution in [0.25, 0.3) is 10.8 Å². The molecule has 2 heterocycles. The summed E-state index contributed by atoms with van der Waals surface area (Å²) in [5.41, 5.74) is 8.06. The Morgan fingerprint density at radius 2 is 1.64 bits per heavy atom. The fraction of sp³-hybridized carbons (Fsp3) is 0.0741. The average Bonchev–Trinajstić information content (AvgIpc) is 3.17. The monoisotopic (exact) mass is 495 g/mol. The SMILES string of the molecule is O=C(NNC(=S)NCCc1cccc(N2C(=O)c3ccccc3C2=O)c1)c1ccc2cnccc2c1. The number of thiocarbonyl (C=S) groups is 1. The van der Waals surface area contributed by atoms with Crippen LogP contribution < -0.4 is 21.1 Å². The van der Waals surface area contributed by atoms with Crippen LogP contribution in [0.4, 0.5) is 5.69 Å². The molecule has 0 bridgehead atoms. The number of anilines is 1. The van der Waals surface area contributed by atoms with Crippen LogP contribution in [-0.2, 0) is 6.42 Å². The van der Waals surface area contributed by atoms with E-state index < -0.39 is 0 Å². The Morgan fingerprint density at radius 3 is 2.42 bits per heavy atom. The van der Waals surface area contributed by atoms with Crippen LogP contribution >= 0.6 is 12.2 Å². The highest BCUT2D eigenvalue weighted by Crippen LogP contribution is 2.28. The summed E-state index contributed by atoms with van der Waals surface area (Å²) in [7, 11) is 0. The van der Waals surface area contributed by atoms with Gasteiger partial charge in [-0.3, -0.25) is 30.2 Å². The molecule has 0 saturated heterocycles. The van der Waals surface area contributed by atoms with Crippen molar-refractivity contribution in [3.63, 3.8) is 0 Å². The number of carbonyl (C=O) groups is 3. The molecule has 8 nitrogen and oxygen atoms in total. The first kappa shape index (κ1) is 23.1. The van der Waals surface area contributed by atoms with Crippen LogP contribution in [0.2, 0.25) is 0 Å². The molecule has 0 aliphatic carbocycles. The molecule has 1 aromatic heterocycles. The molecule has 1 aliphatic rings. The number of hydrazine groups is 1. The second-order valence-electron chi connectivity index (χ2n) is 8.18. The molecular formula is C27H21N5O3S. The Kier molecular flexibility index (Phi) is 6.38. The van der Waals surface area contributed by atoms with Crippen molar-refractivity contribution in [1.29, 1.82) is 0 Å². The first-order valence-electron chi connectivity index (χ1n) is 11.3. The Bertz CT molecular complexity index is 1490. The first-order chi connectivity index (χ1) is 17.5. The Morgan fingerprint density at radius 1 is 0.861 bits per heavy atom. The minimum absolute atomic E-state index is 0.268. The van der Waals surface area contributed by atoms with E-state index >= 15 is 0 Å². The van der Waals surface area contributed by atoms with Crippen LogP contribution in [0.15, 0.2) is 85.2 Å². The lowest BCUT2D eigenvalue weighted by Gasteiger charge is -2.15. The number of rotatable bonds is 5. The van der Waals surface area contributed by atoms with Crippen LogP contribution in [-0.4, -0.2) is 34.4 Å². The summed E-state index contributed by atoms with van der Waals surface area (Å²) >= 11 is 5.26. The van der Waals surface area contributed by atoms with Gasteiger partial charge in [0, 0.05) is 29.9 Å². The molecule has 178 valence electrons. The molecule has 5 rings (SSSR count). The van der Waals surface area contributed by atoms with Crippen molar-refractivity contribution < 1.29 is 14.4 Å². The number of hydrogen-bond acceptors (Lipinski definition) is 5. The number of nitrogens with one attached hydrogen (secondary N) is 3. The van der Waals surface area contributed by atoms with Gasteiger partial charge in [-0.25, -0.2) is 4.90 Å². The molecular weight excluding hydrogens is 474 g/mol. The summed E-state index contributed by atoms with van der Waals surface area (Å²) in [6, 6.07) is 21.3. The summed E-state index contributed by atoms with van der Waals surface area (Å²) in [6.45, 7) is 0.482. The van der Waals surface area contributed by atoms with Gasteiger partial charge in [-0.05, 0) is 72.1 Å². The maximum absolute atomic E-state index is 12.7.